The number of ether oxygens (including phenoxy) is 2. The van der Waals surface area contributed by atoms with Crippen LogP contribution in [0.4, 0.5) is 0 Å². The Kier molecular flexibility index (Phi) is 51.8. The van der Waals surface area contributed by atoms with Gasteiger partial charge < -0.3 is 20.1 Å². The van der Waals surface area contributed by atoms with E-state index in [2.05, 4.69) is 86.8 Å². The summed E-state index contributed by atoms with van der Waals surface area (Å²) >= 11 is 0. The number of hydrogen-bond acceptors (Lipinski definition) is 8. The number of phosphoric ester groups is 1. The number of unbranched alkanes of at least 4 members (excludes halogenated alkanes) is 27. The third-order valence-electron chi connectivity index (χ3n) is 11.9. The number of carbonyl (C=O) groups is 2. The molecule has 0 aliphatic heterocycles. The van der Waals surface area contributed by atoms with E-state index in [4.69, 9.17) is 24.3 Å². The van der Waals surface area contributed by atoms with Crippen LogP contribution in [0.1, 0.15) is 251 Å². The molecule has 0 aromatic carbocycles. The van der Waals surface area contributed by atoms with E-state index in [0.29, 0.717) is 6.42 Å². The summed E-state index contributed by atoms with van der Waals surface area (Å²) in [5, 5.41) is 0. The normalized spacial score (nSPS) is 13.6. The van der Waals surface area contributed by atoms with Crippen molar-refractivity contribution >= 4 is 19.8 Å². The van der Waals surface area contributed by atoms with Gasteiger partial charge in [0.25, 0.3) is 0 Å². The van der Waals surface area contributed by atoms with Gasteiger partial charge in [0, 0.05) is 19.4 Å². The average molecular weight is 974 g/mol. The maximum atomic E-state index is 12.6. The minimum atomic E-state index is -4.37. The van der Waals surface area contributed by atoms with Gasteiger partial charge in [-0.1, -0.05) is 247 Å². The van der Waals surface area contributed by atoms with Crippen LogP contribution in [-0.2, 0) is 32.7 Å². The average Bonchev–Trinajstić information content (AvgIpc) is 3.33. The first-order valence-electron chi connectivity index (χ1n) is 27.9. The smallest absolute Gasteiger partial charge is 0.462 e. The Morgan fingerprint density at radius 1 is 0.456 bits per heavy atom. The molecule has 394 valence electrons. The fourth-order valence-electron chi connectivity index (χ4n) is 7.76. The summed E-state index contributed by atoms with van der Waals surface area (Å²) in [5.41, 5.74) is 5.35. The van der Waals surface area contributed by atoms with Crippen molar-refractivity contribution in [1.82, 2.24) is 0 Å². The lowest BCUT2D eigenvalue weighted by Crippen LogP contribution is -2.29. The van der Waals surface area contributed by atoms with E-state index in [9.17, 15) is 19.0 Å². The van der Waals surface area contributed by atoms with E-state index in [0.717, 1.165) is 70.6 Å². The number of carbonyl (C=O) groups excluding carboxylic acids is 2. The van der Waals surface area contributed by atoms with Gasteiger partial charge in [-0.2, -0.15) is 0 Å². The van der Waals surface area contributed by atoms with Crippen molar-refractivity contribution in [2.75, 3.05) is 26.4 Å². The number of phosphoric acid groups is 1. The first kappa shape index (κ1) is 65.5. The molecule has 0 aromatic rings. The van der Waals surface area contributed by atoms with Crippen LogP contribution in [0.3, 0.4) is 0 Å². The molecule has 0 spiro atoms. The van der Waals surface area contributed by atoms with Crippen LogP contribution in [-0.4, -0.2) is 49.3 Å². The van der Waals surface area contributed by atoms with E-state index in [-0.39, 0.29) is 38.6 Å². The van der Waals surface area contributed by atoms with Crippen LogP contribution in [0.5, 0.6) is 0 Å². The highest BCUT2D eigenvalue weighted by molar-refractivity contribution is 7.47. The fourth-order valence-corrected chi connectivity index (χ4v) is 8.52. The first-order valence-corrected chi connectivity index (χ1v) is 29.4. The lowest BCUT2D eigenvalue weighted by Gasteiger charge is -2.19. The standard InChI is InChI=1S/C58H104NO8P/c1-3-5-7-9-11-13-14-15-16-17-18-19-20-21-22-23-24-25-26-27-28-29-30-31-32-33-34-35-36-37-38-39-40-41-42-43-45-47-49-51-58(61)67-56(55-66-68(62,63)65-53-52-59)54-64-57(60)50-48-46-44-12-10-8-6-4-2/h5,7,11,13,15-16,18-19,21-22,24-25,56H,3-4,6,8-10,12,14,17,20,23,26-55,59H2,1-2H3,(H,62,63)/b7-5-,13-11-,16-15-,19-18-,22-21-,25-24-. The molecular weight excluding hydrogens is 870 g/mol. The zero-order valence-corrected chi connectivity index (χ0v) is 44.7. The minimum Gasteiger partial charge on any atom is -0.462 e. The largest absolute Gasteiger partial charge is 0.472 e. The van der Waals surface area contributed by atoms with Gasteiger partial charge in [-0.25, -0.2) is 4.57 Å². The molecule has 0 bridgehead atoms. The molecule has 2 unspecified atom stereocenters. The lowest BCUT2D eigenvalue weighted by molar-refractivity contribution is -0.161. The summed E-state index contributed by atoms with van der Waals surface area (Å²) in [4.78, 5) is 34.8. The summed E-state index contributed by atoms with van der Waals surface area (Å²) in [6.07, 6.45) is 68.6. The maximum absolute atomic E-state index is 12.6. The van der Waals surface area contributed by atoms with Gasteiger partial charge in [0.1, 0.15) is 6.61 Å². The van der Waals surface area contributed by atoms with E-state index in [1.54, 1.807) is 0 Å². The fraction of sp³-hybridized carbons (Fsp3) is 0.759. The monoisotopic (exact) mass is 974 g/mol. The molecule has 0 heterocycles. The predicted octanol–water partition coefficient (Wildman–Crippen LogP) is 17.3. The molecule has 0 aliphatic carbocycles. The Hall–Kier alpha value is -2.55. The molecule has 0 rings (SSSR count). The molecule has 0 fully saturated rings. The molecular formula is C58H104NO8P. The van der Waals surface area contributed by atoms with Crippen LogP contribution < -0.4 is 5.73 Å². The van der Waals surface area contributed by atoms with Gasteiger partial charge in [0.05, 0.1) is 13.2 Å². The van der Waals surface area contributed by atoms with Crippen LogP contribution >= 0.6 is 7.82 Å². The second-order valence-electron chi connectivity index (χ2n) is 18.4. The van der Waals surface area contributed by atoms with Gasteiger partial charge in [-0.15, -0.1) is 0 Å². The molecule has 0 radical (unpaired) electrons. The van der Waals surface area contributed by atoms with Crippen molar-refractivity contribution in [2.24, 2.45) is 5.73 Å². The molecule has 0 aromatic heterocycles. The van der Waals surface area contributed by atoms with E-state index in [1.165, 1.54) is 148 Å². The Bertz CT molecular complexity index is 1340. The number of nitrogens with two attached hydrogens (primary N) is 1. The highest BCUT2D eigenvalue weighted by atomic mass is 31.2. The zero-order chi connectivity index (χ0) is 49.5. The van der Waals surface area contributed by atoms with Crippen LogP contribution in [0, 0.1) is 0 Å². The number of hydrogen-bond donors (Lipinski definition) is 2. The zero-order valence-electron chi connectivity index (χ0n) is 43.8. The summed E-state index contributed by atoms with van der Waals surface area (Å²) in [5.74, 6) is -0.825. The molecule has 10 heteroatoms. The highest BCUT2D eigenvalue weighted by Crippen LogP contribution is 2.43. The van der Waals surface area contributed by atoms with Gasteiger partial charge in [-0.05, 0) is 64.2 Å². The van der Waals surface area contributed by atoms with E-state index in [1.807, 2.05) is 0 Å². The number of esters is 2. The molecule has 2 atom stereocenters. The van der Waals surface area contributed by atoms with Crippen molar-refractivity contribution in [1.29, 1.82) is 0 Å². The van der Waals surface area contributed by atoms with Crippen molar-refractivity contribution in [3.63, 3.8) is 0 Å². The van der Waals surface area contributed by atoms with Crippen LogP contribution in [0.15, 0.2) is 72.9 Å². The van der Waals surface area contributed by atoms with Crippen molar-refractivity contribution in [2.45, 2.75) is 258 Å². The summed E-state index contributed by atoms with van der Waals surface area (Å²) in [6.45, 7) is 3.60. The predicted molar refractivity (Wildman–Crippen MR) is 289 cm³/mol. The summed E-state index contributed by atoms with van der Waals surface area (Å²) in [6, 6.07) is 0. The Morgan fingerprint density at radius 3 is 1.21 bits per heavy atom. The molecule has 0 saturated heterocycles. The van der Waals surface area contributed by atoms with Gasteiger partial charge in [0.15, 0.2) is 6.10 Å². The molecule has 68 heavy (non-hydrogen) atoms. The molecule has 0 aliphatic rings. The number of allylic oxidation sites excluding steroid dienone is 12. The van der Waals surface area contributed by atoms with Crippen molar-refractivity contribution < 1.29 is 37.6 Å². The lowest BCUT2D eigenvalue weighted by atomic mass is 10.0. The SMILES string of the molecule is CC/C=C\C/C=C\C/C=C\C/C=C\C/C=C\C/C=C\CCCCCCCCCCCCCCCCCCCCCCC(=O)OC(COC(=O)CCCCCCCCCC)COP(=O)(O)OCCN. The van der Waals surface area contributed by atoms with Gasteiger partial charge >= 0.3 is 19.8 Å². The topological polar surface area (TPSA) is 134 Å². The van der Waals surface area contributed by atoms with Crippen molar-refractivity contribution in [3.8, 4) is 0 Å². The highest BCUT2D eigenvalue weighted by Gasteiger charge is 2.26. The molecule has 3 N–H and O–H groups in total. The summed E-state index contributed by atoms with van der Waals surface area (Å²) < 4.78 is 32.8. The van der Waals surface area contributed by atoms with Crippen LogP contribution in [0.25, 0.3) is 0 Å². The third-order valence-corrected chi connectivity index (χ3v) is 12.8. The number of rotatable bonds is 52. The molecule has 0 amide bonds. The maximum Gasteiger partial charge on any atom is 0.472 e. The third kappa shape index (κ3) is 52.8. The van der Waals surface area contributed by atoms with Crippen molar-refractivity contribution in [3.05, 3.63) is 72.9 Å². The Balaban J connectivity index is 3.74. The second-order valence-corrected chi connectivity index (χ2v) is 19.9. The molecule has 0 saturated carbocycles. The molecule has 9 nitrogen and oxygen atoms in total. The van der Waals surface area contributed by atoms with E-state index >= 15 is 0 Å². The van der Waals surface area contributed by atoms with Gasteiger partial charge in [-0.3, -0.25) is 18.6 Å². The second kappa shape index (κ2) is 53.8. The van der Waals surface area contributed by atoms with Gasteiger partial charge in [0.2, 0.25) is 0 Å². The summed E-state index contributed by atoms with van der Waals surface area (Å²) in [7, 11) is -4.37. The first-order chi connectivity index (χ1) is 33.3. The Labute approximate surface area is 418 Å². The van der Waals surface area contributed by atoms with Crippen LogP contribution in [0.2, 0.25) is 0 Å². The quantitative estimate of drug-likeness (QED) is 0.0264. The van der Waals surface area contributed by atoms with E-state index < -0.39 is 26.5 Å². The minimum absolute atomic E-state index is 0.0541. The Morgan fingerprint density at radius 2 is 0.809 bits per heavy atom.